The van der Waals surface area contributed by atoms with Gasteiger partial charge in [-0.25, -0.2) is 0 Å². The van der Waals surface area contributed by atoms with Gasteiger partial charge in [0.05, 0.1) is 17.5 Å². The van der Waals surface area contributed by atoms with E-state index in [0.29, 0.717) is 28.7 Å². The van der Waals surface area contributed by atoms with Crippen LogP contribution in [0.4, 0.5) is 0 Å². The number of aromatic amines is 1. The molecule has 6 nitrogen and oxygen atoms in total. The first kappa shape index (κ1) is 12.6. The van der Waals surface area contributed by atoms with Gasteiger partial charge >= 0.3 is 0 Å². The fraction of sp³-hybridized carbons (Fsp3) is 0.455. The van der Waals surface area contributed by atoms with Gasteiger partial charge in [0, 0.05) is 4.75 Å². The predicted molar refractivity (Wildman–Crippen MR) is 67.6 cm³/mol. The van der Waals surface area contributed by atoms with Crippen molar-refractivity contribution in [3.05, 3.63) is 17.7 Å². The maximum Gasteiger partial charge on any atom is 0.262 e. The van der Waals surface area contributed by atoms with Crippen molar-refractivity contribution < 1.29 is 4.52 Å². The van der Waals surface area contributed by atoms with Gasteiger partial charge in [0.25, 0.3) is 5.89 Å². The molecule has 0 saturated heterocycles. The summed E-state index contributed by atoms with van der Waals surface area (Å²) in [6.07, 6.45) is 1.51. The molecule has 0 aromatic carbocycles. The van der Waals surface area contributed by atoms with Crippen LogP contribution >= 0.6 is 11.8 Å². The van der Waals surface area contributed by atoms with Crippen LogP contribution in [0.3, 0.4) is 0 Å². The number of rotatable bonds is 3. The van der Waals surface area contributed by atoms with Crippen molar-refractivity contribution in [3.63, 3.8) is 0 Å². The third-order valence-corrected chi connectivity index (χ3v) is 3.35. The molecule has 2 aromatic rings. The number of H-pyrrole nitrogens is 1. The summed E-state index contributed by atoms with van der Waals surface area (Å²) in [5.41, 5.74) is 0.866. The maximum atomic E-state index is 8.87. The molecule has 0 unspecified atom stereocenters. The molecule has 0 atom stereocenters. The second-order valence-electron chi connectivity index (χ2n) is 4.69. The Morgan fingerprint density at radius 1 is 1.50 bits per heavy atom. The second kappa shape index (κ2) is 4.82. The topological polar surface area (TPSA) is 91.4 Å². The zero-order chi connectivity index (χ0) is 13.2. The van der Waals surface area contributed by atoms with E-state index < -0.39 is 0 Å². The molecule has 0 saturated carbocycles. The van der Waals surface area contributed by atoms with Gasteiger partial charge in [0.15, 0.2) is 5.82 Å². The SMILES string of the molecule is CC(C)(C)SCc1noc(-c2cn[nH]c2C#N)n1. The van der Waals surface area contributed by atoms with Crippen LogP contribution in [0.15, 0.2) is 10.7 Å². The Hall–Kier alpha value is -1.81. The molecule has 0 aliphatic rings. The normalized spacial score (nSPS) is 11.4. The van der Waals surface area contributed by atoms with Gasteiger partial charge in [-0.1, -0.05) is 25.9 Å². The zero-order valence-electron chi connectivity index (χ0n) is 10.4. The minimum absolute atomic E-state index is 0.147. The van der Waals surface area contributed by atoms with E-state index >= 15 is 0 Å². The summed E-state index contributed by atoms with van der Waals surface area (Å²) in [6.45, 7) is 6.38. The van der Waals surface area contributed by atoms with E-state index in [4.69, 9.17) is 9.78 Å². The summed E-state index contributed by atoms with van der Waals surface area (Å²) in [5.74, 6) is 1.62. The van der Waals surface area contributed by atoms with Crippen molar-refractivity contribution in [1.82, 2.24) is 20.3 Å². The smallest absolute Gasteiger partial charge is 0.262 e. The first-order chi connectivity index (χ1) is 8.49. The highest BCUT2D eigenvalue weighted by atomic mass is 32.2. The van der Waals surface area contributed by atoms with Gasteiger partial charge in [-0.05, 0) is 0 Å². The third kappa shape index (κ3) is 2.90. The molecule has 0 spiro atoms. The number of aromatic nitrogens is 4. The molecule has 0 aliphatic heterocycles. The highest BCUT2D eigenvalue weighted by Crippen LogP contribution is 2.27. The number of hydrogen-bond donors (Lipinski definition) is 1. The Morgan fingerprint density at radius 3 is 2.94 bits per heavy atom. The minimum Gasteiger partial charge on any atom is -0.334 e. The highest BCUT2D eigenvalue weighted by Gasteiger charge is 2.17. The van der Waals surface area contributed by atoms with E-state index in [1.165, 1.54) is 6.20 Å². The van der Waals surface area contributed by atoms with Gasteiger partial charge in [0.2, 0.25) is 0 Å². The van der Waals surface area contributed by atoms with Crippen molar-refractivity contribution >= 4 is 11.8 Å². The van der Waals surface area contributed by atoms with Crippen LogP contribution in [0.1, 0.15) is 32.3 Å². The lowest BCUT2D eigenvalue weighted by Gasteiger charge is -2.15. The fourth-order valence-corrected chi connectivity index (χ4v) is 1.92. The van der Waals surface area contributed by atoms with Gasteiger partial charge in [-0.15, -0.1) is 11.8 Å². The number of hydrogen-bond acceptors (Lipinski definition) is 6. The van der Waals surface area contributed by atoms with Gasteiger partial charge < -0.3 is 4.52 Å². The summed E-state index contributed by atoms with van der Waals surface area (Å²) in [4.78, 5) is 4.25. The molecule has 0 fully saturated rings. The lowest BCUT2D eigenvalue weighted by molar-refractivity contribution is 0.425. The molecule has 1 N–H and O–H groups in total. The summed E-state index contributed by atoms with van der Waals surface area (Å²) < 4.78 is 5.28. The van der Waals surface area contributed by atoms with Gasteiger partial charge in [-0.2, -0.15) is 15.3 Å². The molecule has 0 amide bonds. The average Bonchev–Trinajstić information content (AvgIpc) is 2.93. The summed E-state index contributed by atoms with van der Waals surface area (Å²) >= 11 is 1.73. The Bertz CT molecular complexity index is 575. The van der Waals surface area contributed by atoms with E-state index in [9.17, 15) is 0 Å². The Labute approximate surface area is 109 Å². The van der Waals surface area contributed by atoms with Crippen LogP contribution < -0.4 is 0 Å². The van der Waals surface area contributed by atoms with Crippen molar-refractivity contribution in [3.8, 4) is 17.5 Å². The van der Waals surface area contributed by atoms with E-state index in [1.54, 1.807) is 11.8 Å². The van der Waals surface area contributed by atoms with Crippen LogP contribution in [0, 0.1) is 11.3 Å². The van der Waals surface area contributed by atoms with E-state index in [1.807, 2.05) is 6.07 Å². The first-order valence-corrected chi connectivity index (χ1v) is 6.38. The molecule has 7 heteroatoms. The standard InChI is InChI=1S/C11H13N5OS/c1-11(2,3)18-6-9-14-10(17-16-9)7-5-13-15-8(7)4-12/h5H,6H2,1-3H3,(H,13,15). The van der Waals surface area contributed by atoms with E-state index in [-0.39, 0.29) is 4.75 Å². The largest absolute Gasteiger partial charge is 0.334 e. The molecular weight excluding hydrogens is 250 g/mol. The number of thioether (sulfide) groups is 1. The van der Waals surface area contributed by atoms with E-state index in [0.717, 1.165) is 0 Å². The minimum atomic E-state index is 0.147. The Balaban J connectivity index is 2.14. The van der Waals surface area contributed by atoms with Crippen LogP contribution in [-0.4, -0.2) is 25.1 Å². The van der Waals surface area contributed by atoms with Gasteiger partial charge in [-0.3, -0.25) is 5.10 Å². The fourth-order valence-electron chi connectivity index (χ4n) is 1.24. The van der Waals surface area contributed by atoms with Crippen molar-refractivity contribution in [2.75, 3.05) is 0 Å². The third-order valence-electron chi connectivity index (χ3n) is 2.08. The maximum absolute atomic E-state index is 8.87. The molecular formula is C11H13N5OS. The van der Waals surface area contributed by atoms with Crippen LogP contribution in [-0.2, 0) is 5.75 Å². The van der Waals surface area contributed by atoms with Crippen LogP contribution in [0.5, 0.6) is 0 Å². The zero-order valence-corrected chi connectivity index (χ0v) is 11.2. The molecule has 0 aliphatic carbocycles. The number of nitrogens with zero attached hydrogens (tertiary/aromatic N) is 4. The summed E-state index contributed by atoms with van der Waals surface area (Å²) in [5, 5.41) is 19.1. The lowest BCUT2D eigenvalue weighted by atomic mass is 10.2. The molecule has 18 heavy (non-hydrogen) atoms. The predicted octanol–water partition coefficient (Wildman–Crippen LogP) is 2.36. The number of nitriles is 1. The first-order valence-electron chi connectivity index (χ1n) is 5.40. The molecule has 0 radical (unpaired) electrons. The quantitative estimate of drug-likeness (QED) is 0.914. The second-order valence-corrected chi connectivity index (χ2v) is 6.49. The Morgan fingerprint density at radius 2 is 2.28 bits per heavy atom. The van der Waals surface area contributed by atoms with E-state index in [2.05, 4.69) is 41.1 Å². The van der Waals surface area contributed by atoms with Crippen LogP contribution in [0.25, 0.3) is 11.5 Å². The summed E-state index contributed by atoms with van der Waals surface area (Å²) in [7, 11) is 0. The lowest BCUT2D eigenvalue weighted by Crippen LogP contribution is -2.07. The Kier molecular flexibility index (Phi) is 3.39. The molecule has 0 bridgehead atoms. The summed E-state index contributed by atoms with van der Waals surface area (Å²) in [6, 6.07) is 1.99. The molecule has 2 rings (SSSR count). The molecule has 2 aromatic heterocycles. The monoisotopic (exact) mass is 263 g/mol. The van der Waals surface area contributed by atoms with Crippen molar-refractivity contribution in [1.29, 1.82) is 5.26 Å². The molecule has 94 valence electrons. The molecule has 2 heterocycles. The highest BCUT2D eigenvalue weighted by molar-refractivity contribution is 7.99. The van der Waals surface area contributed by atoms with Crippen molar-refractivity contribution in [2.24, 2.45) is 0 Å². The average molecular weight is 263 g/mol. The number of nitrogens with one attached hydrogen (secondary N) is 1. The van der Waals surface area contributed by atoms with Crippen LogP contribution in [0.2, 0.25) is 0 Å². The van der Waals surface area contributed by atoms with Crippen molar-refractivity contribution in [2.45, 2.75) is 31.3 Å². The van der Waals surface area contributed by atoms with Gasteiger partial charge in [0.1, 0.15) is 11.8 Å².